The van der Waals surface area contributed by atoms with Crippen molar-refractivity contribution in [2.24, 2.45) is 0 Å². The number of hydrogen-bond acceptors (Lipinski definition) is 9. The fraction of sp³-hybridized carbons (Fsp3) is 0.286. The molecule has 11 heteroatoms. The molecule has 53 heavy (non-hydrogen) atoms. The predicted molar refractivity (Wildman–Crippen MR) is 217 cm³/mol. The van der Waals surface area contributed by atoms with E-state index in [-0.39, 0.29) is 16.5 Å². The van der Waals surface area contributed by atoms with Crippen LogP contribution in [-0.2, 0) is 16.6 Å². The van der Waals surface area contributed by atoms with E-state index in [1.54, 1.807) is 48.3 Å². The molecule has 1 atom stereocenters. The summed E-state index contributed by atoms with van der Waals surface area (Å²) in [6.07, 6.45) is 4.63. The van der Waals surface area contributed by atoms with Crippen molar-refractivity contribution in [1.29, 1.82) is 0 Å². The average molecular weight is 749 g/mol. The number of nitrogens with zero attached hydrogens (tertiary/aromatic N) is 4. The quantitative estimate of drug-likeness (QED) is 0.110. The van der Waals surface area contributed by atoms with Crippen molar-refractivity contribution in [2.75, 3.05) is 62.8 Å². The second kappa shape index (κ2) is 17.9. The number of hydrogen-bond donors (Lipinski definition) is 2. The molecule has 1 aliphatic heterocycles. The van der Waals surface area contributed by atoms with Crippen molar-refractivity contribution in [3.8, 4) is 11.1 Å². The number of carbonyl (C=O) groups excluding carboxylic acids is 1. The van der Waals surface area contributed by atoms with Gasteiger partial charge in [0.05, 0.1) is 4.90 Å². The van der Waals surface area contributed by atoms with E-state index in [0.29, 0.717) is 0 Å². The predicted octanol–water partition coefficient (Wildman–Crippen LogP) is 7.02. The summed E-state index contributed by atoms with van der Waals surface area (Å²) < 4.78 is 28.9. The second-order valence-corrected chi connectivity index (χ2v) is 16.5. The van der Waals surface area contributed by atoms with Gasteiger partial charge in [0.2, 0.25) is 0 Å². The molecular weight excluding hydrogens is 701 g/mol. The number of rotatable bonds is 15. The molecule has 2 N–H and O–H groups in total. The second-order valence-electron chi connectivity index (χ2n) is 13.7. The maximum atomic E-state index is 13.3. The van der Waals surface area contributed by atoms with Crippen LogP contribution in [0.1, 0.15) is 27.9 Å². The lowest BCUT2D eigenvalue weighted by Gasteiger charge is -2.36. The molecule has 5 aromatic rings. The minimum Gasteiger partial charge on any atom is -0.381 e. The van der Waals surface area contributed by atoms with Crippen LogP contribution in [0.25, 0.3) is 11.1 Å². The lowest BCUT2D eigenvalue weighted by Crippen LogP contribution is -2.46. The summed E-state index contributed by atoms with van der Waals surface area (Å²) in [6.45, 7) is 7.17. The molecule has 1 aliphatic rings. The summed E-state index contributed by atoms with van der Waals surface area (Å²) in [7, 11) is 0.0348. The summed E-state index contributed by atoms with van der Waals surface area (Å²) in [5, 5.41) is 3.63. The van der Waals surface area contributed by atoms with Crippen LogP contribution in [0.4, 0.5) is 11.4 Å². The first kappa shape index (κ1) is 38.1. The number of nitrogens with one attached hydrogen (secondary N) is 2. The van der Waals surface area contributed by atoms with E-state index < -0.39 is 15.9 Å². The standard InChI is InChI=1S/C42H48N6O3S2/c1-32-28-39(19-20-41(32)44-36(21-23-46(2)3)31-52-38-12-5-4-6-13-38)53(50,51)45-42(49)33-15-17-37(18-16-33)48-26-24-47(25-27-48)30-35-10-7-8-14-40(35)34-11-9-22-43-29-34/h4-20,22,28-29,36,44H,21,23-27,30-31H2,1-3H3,(H,45,49)/t36-/m1/s1. The molecule has 0 spiro atoms. The van der Waals surface area contributed by atoms with Crippen molar-refractivity contribution in [3.05, 3.63) is 138 Å². The molecule has 2 heterocycles. The van der Waals surface area contributed by atoms with Gasteiger partial charge in [-0.2, -0.15) is 0 Å². The SMILES string of the molecule is Cc1cc(S(=O)(=O)NC(=O)c2ccc(N3CCN(Cc4ccccc4-c4cccnc4)CC3)cc2)ccc1N[C@H](CCN(C)C)CSc1ccccc1. The molecule has 1 amide bonds. The van der Waals surface area contributed by atoms with Gasteiger partial charge in [-0.05, 0) is 111 Å². The van der Waals surface area contributed by atoms with Crippen molar-refractivity contribution in [1.82, 2.24) is 19.5 Å². The van der Waals surface area contributed by atoms with Crippen LogP contribution in [0, 0.1) is 6.92 Å². The Hall–Kier alpha value is -4.68. The number of carbonyl (C=O) groups is 1. The Morgan fingerprint density at radius 1 is 0.887 bits per heavy atom. The molecular formula is C42H48N6O3S2. The fourth-order valence-electron chi connectivity index (χ4n) is 6.44. The Kier molecular flexibility index (Phi) is 12.9. The number of amides is 1. The molecule has 276 valence electrons. The molecule has 1 saturated heterocycles. The van der Waals surface area contributed by atoms with E-state index in [9.17, 15) is 13.2 Å². The van der Waals surface area contributed by atoms with Gasteiger partial charge in [-0.1, -0.05) is 48.5 Å². The number of pyridine rings is 1. The number of anilines is 2. The summed E-state index contributed by atoms with van der Waals surface area (Å²) in [5.41, 5.74) is 6.56. The molecule has 9 nitrogen and oxygen atoms in total. The number of piperazine rings is 1. The lowest BCUT2D eigenvalue weighted by molar-refractivity contribution is 0.0981. The monoisotopic (exact) mass is 748 g/mol. The van der Waals surface area contributed by atoms with Gasteiger partial charge < -0.3 is 15.1 Å². The normalized spacial score (nSPS) is 14.2. The first-order valence-corrected chi connectivity index (χ1v) is 20.4. The molecule has 0 saturated carbocycles. The maximum Gasteiger partial charge on any atom is 0.264 e. The van der Waals surface area contributed by atoms with E-state index in [4.69, 9.17) is 0 Å². The molecule has 1 fully saturated rings. The topological polar surface area (TPSA) is 97.9 Å². The summed E-state index contributed by atoms with van der Waals surface area (Å²) >= 11 is 1.80. The zero-order valence-electron chi connectivity index (χ0n) is 30.6. The Bertz CT molecular complexity index is 2050. The van der Waals surface area contributed by atoms with Crippen LogP contribution < -0.4 is 14.9 Å². The lowest BCUT2D eigenvalue weighted by atomic mass is 10.0. The van der Waals surface area contributed by atoms with Gasteiger partial charge in [-0.3, -0.25) is 14.7 Å². The van der Waals surface area contributed by atoms with Crippen LogP contribution in [-0.4, -0.2) is 87.7 Å². The zero-order chi connectivity index (χ0) is 37.2. The highest BCUT2D eigenvalue weighted by Gasteiger charge is 2.22. The van der Waals surface area contributed by atoms with Gasteiger partial charge in [0.15, 0.2) is 0 Å². The summed E-state index contributed by atoms with van der Waals surface area (Å²) in [4.78, 5) is 25.6. The first-order valence-electron chi connectivity index (χ1n) is 18.0. The maximum absolute atomic E-state index is 13.3. The Balaban J connectivity index is 1.03. The molecule has 0 radical (unpaired) electrons. The highest BCUT2D eigenvalue weighted by Crippen LogP contribution is 2.27. The van der Waals surface area contributed by atoms with Crippen LogP contribution in [0.2, 0.25) is 0 Å². The van der Waals surface area contributed by atoms with E-state index in [0.717, 1.165) is 73.9 Å². The minimum absolute atomic E-state index is 0.0509. The van der Waals surface area contributed by atoms with Gasteiger partial charge in [0.25, 0.3) is 15.9 Å². The van der Waals surface area contributed by atoms with Crippen LogP contribution in [0.3, 0.4) is 0 Å². The molecule has 4 aromatic carbocycles. The smallest absolute Gasteiger partial charge is 0.264 e. The van der Waals surface area contributed by atoms with E-state index >= 15 is 0 Å². The van der Waals surface area contributed by atoms with Gasteiger partial charge in [-0.25, -0.2) is 13.1 Å². The number of aryl methyl sites for hydroxylation is 1. The average Bonchev–Trinajstić information content (AvgIpc) is 3.17. The fourth-order valence-corrected chi connectivity index (χ4v) is 8.49. The third kappa shape index (κ3) is 10.5. The third-order valence-corrected chi connectivity index (χ3v) is 12.0. The molecule has 6 rings (SSSR count). The van der Waals surface area contributed by atoms with Crippen LogP contribution in [0.15, 0.2) is 131 Å². The number of sulfonamides is 1. The number of benzene rings is 4. The van der Waals surface area contributed by atoms with Crippen molar-refractivity contribution < 1.29 is 13.2 Å². The summed E-state index contributed by atoms with van der Waals surface area (Å²) in [6, 6.07) is 35.2. The highest BCUT2D eigenvalue weighted by atomic mass is 32.2. The van der Waals surface area contributed by atoms with E-state index in [1.807, 2.05) is 49.5 Å². The van der Waals surface area contributed by atoms with Gasteiger partial charge in [-0.15, -0.1) is 11.8 Å². The number of thioether (sulfide) groups is 1. The van der Waals surface area contributed by atoms with Crippen molar-refractivity contribution in [2.45, 2.75) is 35.7 Å². The molecule has 0 unspecified atom stereocenters. The minimum atomic E-state index is -4.08. The van der Waals surface area contributed by atoms with Gasteiger partial charge in [0.1, 0.15) is 0 Å². The summed E-state index contributed by atoms with van der Waals surface area (Å²) in [5.74, 6) is 0.209. The van der Waals surface area contributed by atoms with Crippen molar-refractivity contribution in [3.63, 3.8) is 0 Å². The molecule has 1 aromatic heterocycles. The first-order chi connectivity index (χ1) is 25.6. The van der Waals surface area contributed by atoms with E-state index in [1.165, 1.54) is 16.0 Å². The molecule has 0 bridgehead atoms. The van der Waals surface area contributed by atoms with Gasteiger partial charge in [0, 0.05) is 84.3 Å². The third-order valence-electron chi connectivity index (χ3n) is 9.46. The zero-order valence-corrected chi connectivity index (χ0v) is 32.2. The van der Waals surface area contributed by atoms with Crippen LogP contribution in [0.5, 0.6) is 0 Å². The Labute approximate surface area is 318 Å². The van der Waals surface area contributed by atoms with E-state index in [2.05, 4.69) is 86.3 Å². The highest BCUT2D eigenvalue weighted by molar-refractivity contribution is 7.99. The van der Waals surface area contributed by atoms with Crippen LogP contribution >= 0.6 is 11.8 Å². The Morgan fingerprint density at radius 3 is 2.32 bits per heavy atom. The largest absolute Gasteiger partial charge is 0.381 e. The van der Waals surface area contributed by atoms with Crippen molar-refractivity contribution >= 4 is 39.1 Å². The molecule has 0 aliphatic carbocycles. The number of aromatic nitrogens is 1. The Morgan fingerprint density at radius 2 is 1.62 bits per heavy atom. The van der Waals surface area contributed by atoms with Gasteiger partial charge >= 0.3 is 0 Å².